The van der Waals surface area contributed by atoms with Crippen molar-refractivity contribution in [3.63, 3.8) is 0 Å². The van der Waals surface area contributed by atoms with Crippen LogP contribution in [0.2, 0.25) is 0 Å². The van der Waals surface area contributed by atoms with E-state index in [9.17, 15) is 9.59 Å². The van der Waals surface area contributed by atoms with Crippen LogP contribution in [0.3, 0.4) is 0 Å². The zero-order valence-electron chi connectivity index (χ0n) is 19.3. The number of aromatic nitrogens is 1. The fourth-order valence-electron chi connectivity index (χ4n) is 3.16. The topological polar surface area (TPSA) is 128 Å². The Morgan fingerprint density at radius 1 is 1.06 bits per heavy atom. The van der Waals surface area contributed by atoms with E-state index in [1.165, 1.54) is 24.7 Å². The van der Waals surface area contributed by atoms with Gasteiger partial charge in [-0.1, -0.05) is 30.3 Å². The van der Waals surface area contributed by atoms with Crippen LogP contribution in [0.15, 0.2) is 83.3 Å². The first-order valence-electron chi connectivity index (χ1n) is 10.8. The number of hydrogen-bond acceptors (Lipinski definition) is 8. The van der Waals surface area contributed by atoms with Crippen molar-refractivity contribution >= 4 is 40.2 Å². The molecule has 9 nitrogen and oxygen atoms in total. The highest BCUT2D eigenvalue weighted by molar-refractivity contribution is 7.14. The summed E-state index contributed by atoms with van der Waals surface area (Å²) in [7, 11) is 1.48. The number of amides is 2. The lowest BCUT2D eigenvalue weighted by atomic mass is 10.1. The summed E-state index contributed by atoms with van der Waals surface area (Å²) >= 11 is 1.51. The minimum Gasteiger partial charge on any atom is -0.493 e. The Hall–Kier alpha value is -4.70. The maximum absolute atomic E-state index is 12.5. The number of nitrogens with two attached hydrogens (primary N) is 1. The quantitative estimate of drug-likeness (QED) is 0.221. The highest BCUT2D eigenvalue weighted by Gasteiger charge is 2.09. The van der Waals surface area contributed by atoms with Crippen molar-refractivity contribution in [2.24, 2.45) is 10.8 Å². The lowest BCUT2D eigenvalue weighted by Crippen LogP contribution is -2.20. The second kappa shape index (κ2) is 11.6. The molecular weight excluding hydrogens is 478 g/mol. The second-order valence-electron chi connectivity index (χ2n) is 7.47. The van der Waals surface area contributed by atoms with E-state index in [0.29, 0.717) is 22.6 Å². The molecule has 1 heterocycles. The van der Waals surface area contributed by atoms with Gasteiger partial charge >= 0.3 is 0 Å². The average Bonchev–Trinajstić information content (AvgIpc) is 3.36. The van der Waals surface area contributed by atoms with Crippen molar-refractivity contribution < 1.29 is 19.1 Å². The number of para-hydroxylation sites is 1. The molecule has 182 valence electrons. The zero-order valence-corrected chi connectivity index (χ0v) is 20.1. The molecule has 0 radical (unpaired) electrons. The summed E-state index contributed by atoms with van der Waals surface area (Å²) in [6.45, 7) is -0.257. The number of hydrazone groups is 1. The number of benzene rings is 3. The lowest BCUT2D eigenvalue weighted by molar-refractivity contribution is -0.119. The molecule has 1 aromatic heterocycles. The minimum atomic E-state index is -0.588. The summed E-state index contributed by atoms with van der Waals surface area (Å²) in [5.74, 6) is -0.155. The molecule has 0 atom stereocenters. The van der Waals surface area contributed by atoms with Crippen LogP contribution in [0.5, 0.6) is 11.5 Å². The summed E-state index contributed by atoms with van der Waals surface area (Å²) in [6, 6.07) is 22.0. The van der Waals surface area contributed by atoms with Gasteiger partial charge in [0, 0.05) is 22.2 Å². The summed E-state index contributed by atoms with van der Waals surface area (Å²) in [4.78, 5) is 28.0. The van der Waals surface area contributed by atoms with Gasteiger partial charge in [0.2, 0.25) is 0 Å². The van der Waals surface area contributed by atoms with Crippen molar-refractivity contribution in [1.29, 1.82) is 0 Å². The van der Waals surface area contributed by atoms with Gasteiger partial charge in [-0.2, -0.15) is 5.10 Å². The number of anilines is 2. The van der Waals surface area contributed by atoms with Gasteiger partial charge in [-0.3, -0.25) is 9.59 Å². The van der Waals surface area contributed by atoms with Crippen LogP contribution >= 0.6 is 11.3 Å². The number of ether oxygens (including phenoxy) is 2. The Kier molecular flexibility index (Phi) is 7.89. The van der Waals surface area contributed by atoms with E-state index < -0.39 is 5.91 Å². The van der Waals surface area contributed by atoms with E-state index in [1.807, 2.05) is 47.8 Å². The summed E-state index contributed by atoms with van der Waals surface area (Å²) in [5.41, 5.74) is 11.4. The average molecular weight is 502 g/mol. The lowest BCUT2D eigenvalue weighted by Gasteiger charge is -2.09. The summed E-state index contributed by atoms with van der Waals surface area (Å²) in [6.07, 6.45) is 1.48. The van der Waals surface area contributed by atoms with Crippen LogP contribution in [0.4, 0.5) is 10.8 Å². The van der Waals surface area contributed by atoms with Crippen LogP contribution in [0, 0.1) is 0 Å². The predicted molar refractivity (Wildman–Crippen MR) is 140 cm³/mol. The number of rotatable bonds is 10. The van der Waals surface area contributed by atoms with E-state index in [4.69, 9.17) is 15.2 Å². The molecule has 0 bridgehead atoms. The van der Waals surface area contributed by atoms with Crippen molar-refractivity contribution in [2.45, 2.75) is 0 Å². The van der Waals surface area contributed by atoms with Gasteiger partial charge in [0.1, 0.15) is 0 Å². The first-order valence-corrected chi connectivity index (χ1v) is 11.7. The molecule has 0 aliphatic carbocycles. The Morgan fingerprint density at radius 3 is 2.56 bits per heavy atom. The molecule has 0 saturated heterocycles. The molecule has 0 spiro atoms. The van der Waals surface area contributed by atoms with Crippen molar-refractivity contribution in [1.82, 2.24) is 10.4 Å². The highest BCUT2D eigenvalue weighted by atomic mass is 32.1. The molecule has 3 aromatic carbocycles. The molecule has 2 amide bonds. The van der Waals surface area contributed by atoms with Crippen molar-refractivity contribution in [3.8, 4) is 22.8 Å². The number of nitrogens with one attached hydrogen (secondary N) is 2. The summed E-state index contributed by atoms with van der Waals surface area (Å²) < 4.78 is 10.6. The first kappa shape index (κ1) is 24.4. The van der Waals surface area contributed by atoms with Gasteiger partial charge in [0.15, 0.2) is 23.2 Å². The molecule has 0 unspecified atom stereocenters. The van der Waals surface area contributed by atoms with Crippen LogP contribution in [-0.2, 0) is 4.79 Å². The largest absolute Gasteiger partial charge is 0.493 e. The Morgan fingerprint density at radius 2 is 1.83 bits per heavy atom. The van der Waals surface area contributed by atoms with Gasteiger partial charge in [0.05, 0.1) is 19.0 Å². The standard InChI is InChI=1S/C26H23N5O4S/c1-34-23-13-17(7-12-22(23)35-15-24(27)32)14-28-31-25(33)19-10-8-18(9-11-19)21-16-36-26(30-21)29-20-5-3-2-4-6-20/h2-14,16H,15H2,1H3,(H2,27,32)(H,29,30)(H,31,33)/b28-14+. The third kappa shape index (κ3) is 6.45. The molecule has 36 heavy (non-hydrogen) atoms. The number of thiazole rings is 1. The molecular formula is C26H23N5O4S. The third-order valence-electron chi connectivity index (χ3n) is 4.91. The van der Waals surface area contributed by atoms with Crippen LogP contribution in [-0.4, -0.2) is 36.7 Å². The molecule has 0 fully saturated rings. The smallest absolute Gasteiger partial charge is 0.271 e. The normalized spacial score (nSPS) is 10.7. The van der Waals surface area contributed by atoms with Gasteiger partial charge in [0.25, 0.3) is 11.8 Å². The molecule has 10 heteroatoms. The third-order valence-corrected chi connectivity index (χ3v) is 5.67. The SMILES string of the molecule is COc1cc(/C=N/NC(=O)c2ccc(-c3csc(Nc4ccccc4)n3)cc2)ccc1OCC(N)=O. The van der Waals surface area contributed by atoms with Crippen LogP contribution in [0.1, 0.15) is 15.9 Å². The predicted octanol–water partition coefficient (Wildman–Crippen LogP) is 4.19. The van der Waals surface area contributed by atoms with Gasteiger partial charge < -0.3 is 20.5 Å². The Balaban J connectivity index is 1.35. The number of methoxy groups -OCH3 is 1. The number of nitrogens with zero attached hydrogens (tertiary/aromatic N) is 2. The molecule has 0 aliphatic rings. The molecule has 4 N–H and O–H groups in total. The van der Waals surface area contributed by atoms with Gasteiger partial charge in [-0.05, 0) is 48.0 Å². The van der Waals surface area contributed by atoms with Gasteiger partial charge in [-0.25, -0.2) is 10.4 Å². The van der Waals surface area contributed by atoms with E-state index >= 15 is 0 Å². The Labute approximate surface area is 211 Å². The zero-order chi connectivity index (χ0) is 25.3. The number of carbonyl (C=O) groups is 2. The fraction of sp³-hybridized carbons (Fsp3) is 0.0769. The number of primary amides is 1. The first-order chi connectivity index (χ1) is 17.5. The highest BCUT2D eigenvalue weighted by Crippen LogP contribution is 2.28. The molecule has 4 aromatic rings. The van der Waals surface area contributed by atoms with Crippen LogP contribution < -0.4 is 25.9 Å². The number of carbonyl (C=O) groups excluding carboxylic acids is 2. The minimum absolute atomic E-state index is 0.257. The summed E-state index contributed by atoms with van der Waals surface area (Å²) in [5, 5.41) is 10.0. The molecule has 0 saturated carbocycles. The second-order valence-corrected chi connectivity index (χ2v) is 8.33. The van der Waals surface area contributed by atoms with Crippen molar-refractivity contribution in [2.75, 3.05) is 19.0 Å². The molecule has 4 rings (SSSR count). The van der Waals surface area contributed by atoms with E-state index in [0.717, 1.165) is 22.1 Å². The number of hydrogen-bond donors (Lipinski definition) is 3. The van der Waals surface area contributed by atoms with E-state index in [-0.39, 0.29) is 12.5 Å². The maximum Gasteiger partial charge on any atom is 0.271 e. The molecule has 0 aliphatic heterocycles. The maximum atomic E-state index is 12.5. The van der Waals surface area contributed by atoms with E-state index in [2.05, 4.69) is 20.8 Å². The van der Waals surface area contributed by atoms with Crippen molar-refractivity contribution in [3.05, 3.63) is 89.3 Å². The van der Waals surface area contributed by atoms with Crippen LogP contribution in [0.25, 0.3) is 11.3 Å². The Bertz CT molecular complexity index is 1370. The van der Waals surface area contributed by atoms with E-state index in [1.54, 1.807) is 30.3 Å². The fourth-order valence-corrected chi connectivity index (χ4v) is 3.90. The van der Waals surface area contributed by atoms with Gasteiger partial charge in [-0.15, -0.1) is 11.3 Å². The monoisotopic (exact) mass is 501 g/mol.